The van der Waals surface area contributed by atoms with Crippen LogP contribution in [0.25, 0.3) is 32.2 Å². The number of nitrogens with zero attached hydrogens (tertiary/aromatic N) is 3. The van der Waals surface area contributed by atoms with Crippen LogP contribution >= 0.6 is 11.3 Å². The van der Waals surface area contributed by atoms with Crippen LogP contribution in [0.5, 0.6) is 0 Å². The third-order valence-electron chi connectivity index (χ3n) is 5.30. The third kappa shape index (κ3) is 3.74. The van der Waals surface area contributed by atoms with E-state index in [1.54, 1.807) is 7.05 Å². The van der Waals surface area contributed by atoms with Crippen molar-refractivity contribution in [3.63, 3.8) is 0 Å². The molecular formula is C24H18F3N5S. The number of nitrogens with one attached hydrogen (secondary N) is 2. The van der Waals surface area contributed by atoms with Crippen molar-refractivity contribution < 1.29 is 13.2 Å². The summed E-state index contributed by atoms with van der Waals surface area (Å²) in [6, 6.07) is 16.5. The van der Waals surface area contributed by atoms with Crippen LogP contribution in [0.15, 0.2) is 60.8 Å². The van der Waals surface area contributed by atoms with E-state index in [0.29, 0.717) is 43.5 Å². The molecule has 3 aromatic heterocycles. The highest BCUT2D eigenvalue weighted by atomic mass is 32.1. The molecule has 5 aromatic rings. The Hall–Kier alpha value is -3.72. The molecule has 0 aliphatic heterocycles. The highest BCUT2D eigenvalue weighted by Gasteiger charge is 2.36. The smallest absolute Gasteiger partial charge is 0.357 e. The normalized spacial score (nSPS) is 11.8. The van der Waals surface area contributed by atoms with Crippen LogP contribution in [0.3, 0.4) is 0 Å². The lowest BCUT2D eigenvalue weighted by Crippen LogP contribution is -2.08. The van der Waals surface area contributed by atoms with Gasteiger partial charge in [-0.2, -0.15) is 13.2 Å². The second-order valence-electron chi connectivity index (χ2n) is 7.41. The van der Waals surface area contributed by atoms with Crippen LogP contribution in [0, 0.1) is 6.92 Å². The highest BCUT2D eigenvalue weighted by molar-refractivity contribution is 7.20. The number of benzene rings is 2. The van der Waals surface area contributed by atoms with Crippen molar-refractivity contribution in [2.24, 2.45) is 0 Å². The molecule has 0 unspecified atom stereocenters. The monoisotopic (exact) mass is 465 g/mol. The summed E-state index contributed by atoms with van der Waals surface area (Å²) in [6.07, 6.45) is -3.68. The van der Waals surface area contributed by atoms with Crippen molar-refractivity contribution in [3.8, 4) is 11.3 Å². The fraction of sp³-hybridized carbons (Fsp3) is 0.125. The lowest BCUT2D eigenvalue weighted by atomic mass is 10.0. The van der Waals surface area contributed by atoms with Gasteiger partial charge < -0.3 is 10.6 Å². The number of para-hydroxylation sites is 2. The molecule has 2 N–H and O–H groups in total. The molecule has 0 bridgehead atoms. The molecule has 0 spiro atoms. The molecule has 0 amide bonds. The van der Waals surface area contributed by atoms with Gasteiger partial charge in [-0.3, -0.25) is 0 Å². The Labute approximate surface area is 191 Å². The van der Waals surface area contributed by atoms with Crippen molar-refractivity contribution in [3.05, 3.63) is 71.2 Å². The number of anilines is 3. The first-order valence-electron chi connectivity index (χ1n) is 10.1. The summed E-state index contributed by atoms with van der Waals surface area (Å²) in [5, 5.41) is 6.85. The van der Waals surface area contributed by atoms with Gasteiger partial charge in [-0.05, 0) is 25.1 Å². The van der Waals surface area contributed by atoms with E-state index in [4.69, 9.17) is 0 Å². The number of thiophene rings is 1. The van der Waals surface area contributed by atoms with Crippen molar-refractivity contribution in [2.75, 3.05) is 17.7 Å². The Morgan fingerprint density at radius 2 is 1.67 bits per heavy atom. The molecule has 0 saturated carbocycles. The van der Waals surface area contributed by atoms with Gasteiger partial charge in [-0.1, -0.05) is 36.4 Å². The van der Waals surface area contributed by atoms with Gasteiger partial charge in [-0.15, -0.1) is 11.3 Å². The maximum atomic E-state index is 14.1. The predicted molar refractivity (Wildman–Crippen MR) is 127 cm³/mol. The third-order valence-corrected chi connectivity index (χ3v) is 6.41. The Bertz CT molecular complexity index is 1480. The van der Waals surface area contributed by atoms with Gasteiger partial charge in [0, 0.05) is 40.1 Å². The summed E-state index contributed by atoms with van der Waals surface area (Å²) in [6.45, 7) is 1.81. The summed E-state index contributed by atoms with van der Waals surface area (Å²) in [4.78, 5) is 13.9. The SMILES string of the molecule is CNc1nc(-c2c(C)sc3c(Nc4ccccc4)ncc(C(F)(F)F)c23)c2ccccc2n1. The maximum absolute atomic E-state index is 14.1. The lowest BCUT2D eigenvalue weighted by Gasteiger charge is -2.14. The lowest BCUT2D eigenvalue weighted by molar-refractivity contribution is -0.136. The molecule has 0 radical (unpaired) electrons. The zero-order valence-electron chi connectivity index (χ0n) is 17.7. The van der Waals surface area contributed by atoms with E-state index in [1.165, 1.54) is 11.3 Å². The first-order valence-corrected chi connectivity index (χ1v) is 10.9. The van der Waals surface area contributed by atoms with E-state index < -0.39 is 11.7 Å². The number of alkyl halides is 3. The minimum Gasteiger partial charge on any atom is -0.357 e. The molecule has 0 aliphatic rings. The van der Waals surface area contributed by atoms with Crippen LogP contribution in [0.2, 0.25) is 0 Å². The quantitative estimate of drug-likeness (QED) is 0.299. The fourth-order valence-electron chi connectivity index (χ4n) is 3.85. The number of hydrogen-bond donors (Lipinski definition) is 2. The Balaban J connectivity index is 1.85. The molecular weight excluding hydrogens is 447 g/mol. The maximum Gasteiger partial charge on any atom is 0.418 e. The van der Waals surface area contributed by atoms with Crippen molar-refractivity contribution in [1.82, 2.24) is 15.0 Å². The molecule has 166 valence electrons. The number of pyridine rings is 1. The summed E-state index contributed by atoms with van der Waals surface area (Å²) >= 11 is 1.27. The van der Waals surface area contributed by atoms with Crippen LogP contribution in [-0.4, -0.2) is 22.0 Å². The number of fused-ring (bicyclic) bond motifs is 2. The van der Waals surface area contributed by atoms with Gasteiger partial charge in [0.2, 0.25) is 5.95 Å². The van der Waals surface area contributed by atoms with Gasteiger partial charge in [0.15, 0.2) is 0 Å². The van der Waals surface area contributed by atoms with Crippen LogP contribution < -0.4 is 10.6 Å². The summed E-state index contributed by atoms with van der Waals surface area (Å²) in [5.41, 5.74) is 1.50. The van der Waals surface area contributed by atoms with Gasteiger partial charge in [-0.25, -0.2) is 15.0 Å². The molecule has 2 aromatic carbocycles. The molecule has 5 nitrogen and oxygen atoms in total. The Morgan fingerprint density at radius 3 is 2.39 bits per heavy atom. The number of rotatable bonds is 4. The molecule has 0 aliphatic carbocycles. The Morgan fingerprint density at radius 1 is 0.939 bits per heavy atom. The minimum atomic E-state index is -4.58. The molecule has 5 rings (SSSR count). The zero-order valence-corrected chi connectivity index (χ0v) is 18.5. The zero-order chi connectivity index (χ0) is 23.2. The van der Waals surface area contributed by atoms with Crippen molar-refractivity contribution >= 4 is 49.8 Å². The van der Waals surface area contributed by atoms with E-state index in [1.807, 2.05) is 61.5 Å². The van der Waals surface area contributed by atoms with Crippen LogP contribution in [0.1, 0.15) is 10.4 Å². The Kier molecular flexibility index (Phi) is 5.13. The van der Waals surface area contributed by atoms with E-state index in [-0.39, 0.29) is 5.39 Å². The second kappa shape index (κ2) is 8.00. The molecule has 3 heterocycles. The summed E-state index contributed by atoms with van der Waals surface area (Å²) < 4.78 is 42.8. The molecule has 9 heteroatoms. The van der Waals surface area contributed by atoms with Gasteiger partial charge >= 0.3 is 6.18 Å². The van der Waals surface area contributed by atoms with Crippen molar-refractivity contribution in [2.45, 2.75) is 13.1 Å². The highest BCUT2D eigenvalue weighted by Crippen LogP contribution is 2.48. The molecule has 33 heavy (non-hydrogen) atoms. The fourth-order valence-corrected chi connectivity index (χ4v) is 4.97. The van der Waals surface area contributed by atoms with Gasteiger partial charge in [0.05, 0.1) is 21.5 Å². The molecule has 0 saturated heterocycles. The standard InChI is InChI=1S/C24H18F3N5S/c1-13-18(20-15-10-6-7-11-17(15)31-23(28-2)32-20)19-16(24(25,26)27)12-29-22(21(19)33-13)30-14-8-4-3-5-9-14/h3-12H,1-2H3,(H,29,30)(H,28,31,32). The number of halogens is 3. The minimum absolute atomic E-state index is 0.0873. The largest absolute Gasteiger partial charge is 0.418 e. The average molecular weight is 466 g/mol. The van der Waals surface area contributed by atoms with E-state index in [2.05, 4.69) is 25.6 Å². The summed E-state index contributed by atoms with van der Waals surface area (Å²) in [5.74, 6) is 0.712. The number of hydrogen-bond acceptors (Lipinski definition) is 6. The van der Waals surface area contributed by atoms with Gasteiger partial charge in [0.25, 0.3) is 0 Å². The second-order valence-corrected chi connectivity index (χ2v) is 8.63. The first-order chi connectivity index (χ1) is 15.9. The number of aromatic nitrogens is 3. The number of aryl methyl sites for hydroxylation is 1. The average Bonchev–Trinajstić information content (AvgIpc) is 3.15. The summed E-state index contributed by atoms with van der Waals surface area (Å²) in [7, 11) is 1.68. The van der Waals surface area contributed by atoms with Crippen molar-refractivity contribution in [1.29, 1.82) is 0 Å². The van der Waals surface area contributed by atoms with E-state index >= 15 is 0 Å². The topological polar surface area (TPSA) is 62.7 Å². The van der Waals surface area contributed by atoms with E-state index in [9.17, 15) is 13.2 Å². The molecule has 0 atom stereocenters. The van der Waals surface area contributed by atoms with Crippen LogP contribution in [0.4, 0.5) is 30.6 Å². The van der Waals surface area contributed by atoms with Gasteiger partial charge in [0.1, 0.15) is 5.82 Å². The molecule has 0 fully saturated rings. The van der Waals surface area contributed by atoms with Crippen LogP contribution in [-0.2, 0) is 6.18 Å². The predicted octanol–water partition coefficient (Wildman–Crippen LogP) is 7.02. The first kappa shape index (κ1) is 21.1. The van der Waals surface area contributed by atoms with E-state index in [0.717, 1.165) is 11.9 Å².